The molecule has 28 heavy (non-hydrogen) atoms. The molecule has 1 unspecified atom stereocenters. The molecular weight excluding hydrogens is 467 g/mol. The Kier molecular flexibility index (Phi) is 10.5. The van der Waals surface area contributed by atoms with Gasteiger partial charge >= 0.3 is 0 Å². The number of halogens is 1. The van der Waals surface area contributed by atoms with Gasteiger partial charge in [0, 0.05) is 45.2 Å². The van der Waals surface area contributed by atoms with Gasteiger partial charge in [-0.15, -0.1) is 24.0 Å². The molecule has 0 amide bonds. The zero-order valence-electron chi connectivity index (χ0n) is 17.2. The van der Waals surface area contributed by atoms with E-state index >= 15 is 0 Å². The van der Waals surface area contributed by atoms with Gasteiger partial charge in [-0.1, -0.05) is 0 Å². The number of nitrogens with one attached hydrogen (secondary N) is 1. The molecule has 3 rings (SSSR count). The van der Waals surface area contributed by atoms with Crippen LogP contribution in [-0.2, 0) is 15.9 Å². The van der Waals surface area contributed by atoms with Crippen molar-refractivity contribution in [2.24, 2.45) is 4.99 Å². The molecule has 2 fully saturated rings. The molecule has 7 heteroatoms. The molecule has 6 nitrogen and oxygen atoms in total. The van der Waals surface area contributed by atoms with Crippen LogP contribution in [0.5, 0.6) is 0 Å². The van der Waals surface area contributed by atoms with Gasteiger partial charge in [-0.3, -0.25) is 9.98 Å². The molecule has 1 N–H and O–H groups in total. The fourth-order valence-electron chi connectivity index (χ4n) is 3.74. The van der Waals surface area contributed by atoms with Gasteiger partial charge in [-0.05, 0) is 63.1 Å². The minimum atomic E-state index is 0. The number of nitrogens with zero attached hydrogens (tertiary/aromatic N) is 3. The van der Waals surface area contributed by atoms with Crippen LogP contribution in [0.4, 0.5) is 0 Å². The quantitative estimate of drug-likeness (QED) is 0.353. The lowest BCUT2D eigenvalue weighted by Gasteiger charge is -2.34. The highest BCUT2D eigenvalue weighted by molar-refractivity contribution is 14.0. The maximum absolute atomic E-state index is 6.09. The van der Waals surface area contributed by atoms with Crippen molar-refractivity contribution in [3.8, 4) is 0 Å². The third-order valence-corrected chi connectivity index (χ3v) is 5.40. The molecule has 2 aliphatic heterocycles. The molecule has 0 aromatic carbocycles. The fraction of sp³-hybridized carbons (Fsp3) is 0.714. The Morgan fingerprint density at radius 2 is 2.18 bits per heavy atom. The predicted octanol–water partition coefficient (Wildman–Crippen LogP) is 3.18. The molecular formula is C21H35IN4O2. The van der Waals surface area contributed by atoms with Crippen molar-refractivity contribution in [2.75, 3.05) is 39.4 Å². The Hall–Kier alpha value is -0.930. The second kappa shape index (κ2) is 12.6. The minimum absolute atomic E-state index is 0. The van der Waals surface area contributed by atoms with Gasteiger partial charge in [0.25, 0.3) is 0 Å². The van der Waals surface area contributed by atoms with Crippen molar-refractivity contribution >= 4 is 29.9 Å². The number of hydrogen-bond acceptors (Lipinski definition) is 4. The van der Waals surface area contributed by atoms with E-state index in [-0.39, 0.29) is 24.0 Å². The summed E-state index contributed by atoms with van der Waals surface area (Å²) in [7, 11) is 0. The van der Waals surface area contributed by atoms with Crippen LogP contribution in [0.1, 0.15) is 43.7 Å². The first-order valence-electron chi connectivity index (χ1n) is 10.4. The Morgan fingerprint density at radius 3 is 2.86 bits per heavy atom. The molecule has 0 bridgehead atoms. The van der Waals surface area contributed by atoms with Crippen molar-refractivity contribution in [3.63, 3.8) is 0 Å². The summed E-state index contributed by atoms with van der Waals surface area (Å²) in [6.07, 6.45) is 9.84. The molecule has 0 radical (unpaired) electrons. The lowest BCUT2D eigenvalue weighted by atomic mass is 10.1. The first kappa shape index (κ1) is 23.3. The van der Waals surface area contributed by atoms with E-state index in [0.717, 1.165) is 71.0 Å². The molecule has 1 atom stereocenters. The number of piperidine rings is 1. The highest BCUT2D eigenvalue weighted by atomic mass is 127. The molecule has 1 aromatic rings. The van der Waals surface area contributed by atoms with Crippen LogP contribution in [0.15, 0.2) is 23.5 Å². The first-order valence-corrected chi connectivity index (χ1v) is 10.4. The van der Waals surface area contributed by atoms with Gasteiger partial charge in [0.2, 0.25) is 0 Å². The molecule has 158 valence electrons. The summed E-state index contributed by atoms with van der Waals surface area (Å²) in [4.78, 5) is 11.4. The standard InChI is InChI=1S/C21H34N4O2.HI/c1-3-23-21(24-11-7-18-6-10-22-15-17(18)2)25-12-8-19(9-13-25)27-16-20-5-4-14-26-20;/h6,10,15,19-20H,3-5,7-9,11-14,16H2,1-2H3,(H,23,24);1H. The number of aryl methyl sites for hydroxylation is 1. The molecule has 0 aliphatic carbocycles. The molecule has 2 saturated heterocycles. The molecule has 2 aliphatic rings. The highest BCUT2D eigenvalue weighted by Gasteiger charge is 2.24. The van der Waals surface area contributed by atoms with Crippen molar-refractivity contribution in [1.29, 1.82) is 0 Å². The van der Waals surface area contributed by atoms with Crippen molar-refractivity contribution < 1.29 is 9.47 Å². The Morgan fingerprint density at radius 1 is 1.36 bits per heavy atom. The van der Waals surface area contributed by atoms with E-state index in [4.69, 9.17) is 14.5 Å². The van der Waals surface area contributed by atoms with E-state index in [1.54, 1.807) is 0 Å². The first-order chi connectivity index (χ1) is 13.3. The number of guanidine groups is 1. The van der Waals surface area contributed by atoms with Crippen LogP contribution in [-0.4, -0.2) is 67.4 Å². The number of pyridine rings is 1. The monoisotopic (exact) mass is 502 g/mol. The molecule has 0 spiro atoms. The van der Waals surface area contributed by atoms with E-state index < -0.39 is 0 Å². The van der Waals surface area contributed by atoms with Crippen LogP contribution in [0.25, 0.3) is 0 Å². The van der Waals surface area contributed by atoms with E-state index in [1.807, 2.05) is 12.4 Å². The number of likely N-dealkylation sites (tertiary alicyclic amines) is 1. The van der Waals surface area contributed by atoms with E-state index in [9.17, 15) is 0 Å². The zero-order chi connectivity index (χ0) is 18.9. The maximum Gasteiger partial charge on any atom is 0.193 e. The van der Waals surface area contributed by atoms with Gasteiger partial charge in [-0.2, -0.15) is 0 Å². The van der Waals surface area contributed by atoms with Crippen molar-refractivity contribution in [1.82, 2.24) is 15.2 Å². The summed E-state index contributed by atoms with van der Waals surface area (Å²) >= 11 is 0. The van der Waals surface area contributed by atoms with Gasteiger partial charge < -0.3 is 19.7 Å². The summed E-state index contributed by atoms with van der Waals surface area (Å²) in [5, 5.41) is 3.45. The average Bonchev–Trinajstić information content (AvgIpc) is 3.21. The normalized spacial score (nSPS) is 20.9. The zero-order valence-corrected chi connectivity index (χ0v) is 19.6. The topological polar surface area (TPSA) is 59.0 Å². The minimum Gasteiger partial charge on any atom is -0.376 e. The Bertz CT molecular complexity index is 600. The highest BCUT2D eigenvalue weighted by Crippen LogP contribution is 2.18. The average molecular weight is 502 g/mol. The van der Waals surface area contributed by atoms with Crippen LogP contribution >= 0.6 is 24.0 Å². The summed E-state index contributed by atoms with van der Waals surface area (Å²) in [6, 6.07) is 2.09. The number of ether oxygens (including phenoxy) is 2. The maximum atomic E-state index is 6.09. The predicted molar refractivity (Wildman–Crippen MR) is 124 cm³/mol. The molecule has 1 aromatic heterocycles. The summed E-state index contributed by atoms with van der Waals surface area (Å²) in [5.41, 5.74) is 2.56. The van der Waals surface area contributed by atoms with Crippen LogP contribution in [0.3, 0.4) is 0 Å². The van der Waals surface area contributed by atoms with Crippen LogP contribution < -0.4 is 5.32 Å². The second-order valence-electron chi connectivity index (χ2n) is 7.44. The Balaban J connectivity index is 0.00000280. The Labute approximate surface area is 186 Å². The van der Waals surface area contributed by atoms with E-state index in [0.29, 0.717) is 12.2 Å². The van der Waals surface area contributed by atoms with Crippen LogP contribution in [0, 0.1) is 6.92 Å². The van der Waals surface area contributed by atoms with E-state index in [2.05, 4.69) is 35.1 Å². The summed E-state index contributed by atoms with van der Waals surface area (Å²) in [5.74, 6) is 1.03. The van der Waals surface area contributed by atoms with Crippen molar-refractivity contribution in [3.05, 3.63) is 29.6 Å². The number of aliphatic imine (C=N–C) groups is 1. The van der Waals surface area contributed by atoms with Gasteiger partial charge in [-0.25, -0.2) is 0 Å². The smallest absolute Gasteiger partial charge is 0.193 e. The second-order valence-corrected chi connectivity index (χ2v) is 7.44. The third-order valence-electron chi connectivity index (χ3n) is 5.40. The summed E-state index contributed by atoms with van der Waals surface area (Å²) in [6.45, 7) is 9.56. The van der Waals surface area contributed by atoms with Crippen LogP contribution in [0.2, 0.25) is 0 Å². The van der Waals surface area contributed by atoms with Gasteiger partial charge in [0.05, 0.1) is 18.8 Å². The SMILES string of the molecule is CCNC(=NCCc1ccncc1C)N1CCC(OCC2CCCO2)CC1.I. The lowest BCUT2D eigenvalue weighted by molar-refractivity contribution is -0.0367. The van der Waals surface area contributed by atoms with Crippen molar-refractivity contribution in [2.45, 2.75) is 58.2 Å². The fourth-order valence-corrected chi connectivity index (χ4v) is 3.74. The molecule has 0 saturated carbocycles. The van der Waals surface area contributed by atoms with Gasteiger partial charge in [0.1, 0.15) is 0 Å². The van der Waals surface area contributed by atoms with Gasteiger partial charge in [0.15, 0.2) is 5.96 Å². The number of aromatic nitrogens is 1. The number of rotatable bonds is 7. The lowest BCUT2D eigenvalue weighted by Crippen LogP contribution is -2.47. The molecule has 3 heterocycles. The largest absolute Gasteiger partial charge is 0.376 e. The summed E-state index contributed by atoms with van der Waals surface area (Å²) < 4.78 is 11.7. The third kappa shape index (κ3) is 7.15. The van der Waals surface area contributed by atoms with E-state index in [1.165, 1.54) is 17.5 Å². The number of hydrogen-bond donors (Lipinski definition) is 1.